The van der Waals surface area contributed by atoms with Crippen molar-refractivity contribution in [2.45, 2.75) is 39.5 Å². The number of nitrogens with one attached hydrogen (secondary N) is 1. The zero-order valence-electron chi connectivity index (χ0n) is 11.9. The van der Waals surface area contributed by atoms with Gasteiger partial charge in [0.2, 0.25) is 11.8 Å². The fraction of sp³-hybridized carbons (Fsp3) is 0.500. The van der Waals surface area contributed by atoms with Crippen molar-refractivity contribution in [3.8, 4) is 0 Å². The van der Waals surface area contributed by atoms with Crippen LogP contribution in [0.3, 0.4) is 0 Å². The summed E-state index contributed by atoms with van der Waals surface area (Å²) in [5.41, 5.74) is 0.0519. The fourth-order valence-corrected chi connectivity index (χ4v) is 3.11. The third-order valence-corrected chi connectivity index (χ3v) is 4.11. The molecule has 0 radical (unpaired) electrons. The van der Waals surface area contributed by atoms with Crippen LogP contribution in [0.2, 0.25) is 0 Å². The Kier molecular flexibility index (Phi) is 4.21. The van der Waals surface area contributed by atoms with E-state index in [0.717, 1.165) is 6.42 Å². The molecule has 1 fully saturated rings. The molecule has 1 N–H and O–H groups in total. The number of hydrogen-bond acceptors (Lipinski definition) is 2. The molecule has 2 atom stereocenters. The van der Waals surface area contributed by atoms with Crippen LogP contribution in [0.4, 0.5) is 4.39 Å². The van der Waals surface area contributed by atoms with Crippen LogP contribution < -0.4 is 5.32 Å². The first kappa shape index (κ1) is 14.7. The lowest BCUT2D eigenvalue weighted by Gasteiger charge is -2.40. The van der Waals surface area contributed by atoms with E-state index in [-0.39, 0.29) is 30.0 Å². The van der Waals surface area contributed by atoms with Gasteiger partial charge in [0.25, 0.3) is 0 Å². The normalized spacial score (nSPS) is 26.4. The van der Waals surface area contributed by atoms with Crippen molar-refractivity contribution in [2.75, 3.05) is 0 Å². The van der Waals surface area contributed by atoms with E-state index in [4.69, 9.17) is 0 Å². The molecule has 1 saturated heterocycles. The molecule has 2 unspecified atom stereocenters. The van der Waals surface area contributed by atoms with E-state index in [1.165, 1.54) is 6.07 Å². The minimum Gasteiger partial charge on any atom is -0.296 e. The Bertz CT molecular complexity index is 529. The standard InChI is InChI=1S/C16H20FNO2/c1-3-6-12-15(20)18-14(19)10-16(12,2)9-11-7-4-5-8-13(11)17/h4-5,7-8,12H,3,6,9-10H2,1-2H3,(H,18,19,20). The topological polar surface area (TPSA) is 46.2 Å². The predicted molar refractivity (Wildman–Crippen MR) is 74.4 cm³/mol. The maximum Gasteiger partial charge on any atom is 0.230 e. The van der Waals surface area contributed by atoms with Crippen LogP contribution in [0.1, 0.15) is 38.7 Å². The lowest BCUT2D eigenvalue weighted by Crippen LogP contribution is -2.51. The summed E-state index contributed by atoms with van der Waals surface area (Å²) < 4.78 is 13.8. The average Bonchev–Trinajstić information content (AvgIpc) is 2.36. The Labute approximate surface area is 118 Å². The highest BCUT2D eigenvalue weighted by Crippen LogP contribution is 2.40. The maximum absolute atomic E-state index is 13.8. The lowest BCUT2D eigenvalue weighted by molar-refractivity contribution is -0.143. The van der Waals surface area contributed by atoms with Crippen LogP contribution in [0, 0.1) is 17.2 Å². The van der Waals surface area contributed by atoms with Crippen molar-refractivity contribution in [1.29, 1.82) is 0 Å². The first-order chi connectivity index (χ1) is 9.46. The minimum atomic E-state index is -0.516. The van der Waals surface area contributed by atoms with Crippen LogP contribution in [0.5, 0.6) is 0 Å². The SMILES string of the molecule is CCCC1C(=O)NC(=O)CC1(C)Cc1ccccc1F. The van der Waals surface area contributed by atoms with Gasteiger partial charge >= 0.3 is 0 Å². The Morgan fingerprint density at radius 2 is 2.05 bits per heavy atom. The second-order valence-corrected chi connectivity index (χ2v) is 5.85. The molecule has 108 valence electrons. The van der Waals surface area contributed by atoms with Gasteiger partial charge in [-0.2, -0.15) is 0 Å². The summed E-state index contributed by atoms with van der Waals surface area (Å²) in [6.07, 6.45) is 2.24. The maximum atomic E-state index is 13.8. The number of halogens is 1. The summed E-state index contributed by atoms with van der Waals surface area (Å²) >= 11 is 0. The molecule has 3 nitrogen and oxygen atoms in total. The van der Waals surface area contributed by atoms with E-state index in [2.05, 4.69) is 5.32 Å². The minimum absolute atomic E-state index is 0.220. The van der Waals surface area contributed by atoms with Gasteiger partial charge in [0.1, 0.15) is 5.82 Å². The van der Waals surface area contributed by atoms with E-state index in [1.807, 2.05) is 13.8 Å². The van der Waals surface area contributed by atoms with Crippen molar-refractivity contribution in [1.82, 2.24) is 5.32 Å². The summed E-state index contributed by atoms with van der Waals surface area (Å²) in [6.45, 7) is 3.92. The molecule has 0 aromatic heterocycles. The van der Waals surface area contributed by atoms with Crippen LogP contribution >= 0.6 is 0 Å². The van der Waals surface area contributed by atoms with Gasteiger partial charge in [-0.05, 0) is 29.9 Å². The van der Waals surface area contributed by atoms with Crippen LogP contribution in [-0.2, 0) is 16.0 Å². The molecule has 2 amide bonds. The molecular weight excluding hydrogens is 257 g/mol. The number of rotatable bonds is 4. The van der Waals surface area contributed by atoms with Crippen molar-refractivity contribution in [2.24, 2.45) is 11.3 Å². The van der Waals surface area contributed by atoms with Gasteiger partial charge in [-0.25, -0.2) is 4.39 Å². The van der Waals surface area contributed by atoms with Gasteiger partial charge in [0.15, 0.2) is 0 Å². The Balaban J connectivity index is 2.30. The first-order valence-electron chi connectivity index (χ1n) is 7.03. The molecule has 0 aliphatic carbocycles. The molecule has 1 aromatic carbocycles. The van der Waals surface area contributed by atoms with Crippen molar-refractivity contribution in [3.63, 3.8) is 0 Å². The molecule has 4 heteroatoms. The Hall–Kier alpha value is -1.71. The predicted octanol–water partition coefficient (Wildman–Crippen LogP) is 2.84. The molecule has 20 heavy (non-hydrogen) atoms. The van der Waals surface area contributed by atoms with Crippen molar-refractivity contribution in [3.05, 3.63) is 35.6 Å². The van der Waals surface area contributed by atoms with Crippen molar-refractivity contribution < 1.29 is 14.0 Å². The van der Waals surface area contributed by atoms with E-state index in [1.54, 1.807) is 18.2 Å². The highest BCUT2D eigenvalue weighted by atomic mass is 19.1. The second kappa shape index (κ2) is 5.73. The number of piperidine rings is 1. The summed E-state index contributed by atoms with van der Waals surface area (Å²) in [4.78, 5) is 23.7. The van der Waals surface area contributed by atoms with E-state index in [9.17, 15) is 14.0 Å². The molecule has 0 bridgehead atoms. The van der Waals surface area contributed by atoms with Gasteiger partial charge in [-0.15, -0.1) is 0 Å². The van der Waals surface area contributed by atoms with Gasteiger partial charge in [-0.1, -0.05) is 38.5 Å². The second-order valence-electron chi connectivity index (χ2n) is 5.85. The largest absolute Gasteiger partial charge is 0.296 e. The number of benzene rings is 1. The first-order valence-corrected chi connectivity index (χ1v) is 7.03. The number of carbonyl (C=O) groups is 2. The zero-order chi connectivity index (χ0) is 14.8. The van der Waals surface area contributed by atoms with Crippen LogP contribution in [0.15, 0.2) is 24.3 Å². The fourth-order valence-electron chi connectivity index (χ4n) is 3.11. The highest BCUT2D eigenvalue weighted by molar-refractivity contribution is 5.99. The third-order valence-electron chi connectivity index (χ3n) is 4.11. The van der Waals surface area contributed by atoms with Gasteiger partial charge in [0, 0.05) is 12.3 Å². The van der Waals surface area contributed by atoms with E-state index < -0.39 is 5.41 Å². The molecule has 0 spiro atoms. The molecule has 2 rings (SSSR count). The monoisotopic (exact) mass is 277 g/mol. The number of carbonyl (C=O) groups excluding carboxylic acids is 2. The van der Waals surface area contributed by atoms with E-state index in [0.29, 0.717) is 18.4 Å². The van der Waals surface area contributed by atoms with Gasteiger partial charge in [0.05, 0.1) is 0 Å². The Morgan fingerprint density at radius 3 is 2.70 bits per heavy atom. The third kappa shape index (κ3) is 2.89. The van der Waals surface area contributed by atoms with E-state index >= 15 is 0 Å². The van der Waals surface area contributed by atoms with Gasteiger partial charge < -0.3 is 0 Å². The smallest absolute Gasteiger partial charge is 0.230 e. The number of imide groups is 1. The average molecular weight is 277 g/mol. The summed E-state index contributed by atoms with van der Waals surface area (Å²) in [5, 5.41) is 2.40. The molecular formula is C16H20FNO2. The molecule has 1 aliphatic rings. The molecule has 1 aromatic rings. The summed E-state index contributed by atoms with van der Waals surface area (Å²) in [5.74, 6) is -1.00. The molecule has 1 heterocycles. The number of amides is 2. The summed E-state index contributed by atoms with van der Waals surface area (Å²) in [6, 6.07) is 6.56. The molecule has 1 aliphatic heterocycles. The highest BCUT2D eigenvalue weighted by Gasteiger charge is 2.44. The van der Waals surface area contributed by atoms with Crippen molar-refractivity contribution >= 4 is 11.8 Å². The quantitative estimate of drug-likeness (QED) is 0.860. The van der Waals surface area contributed by atoms with Crippen LogP contribution in [-0.4, -0.2) is 11.8 Å². The lowest BCUT2D eigenvalue weighted by atomic mass is 9.66. The Morgan fingerprint density at radius 1 is 1.35 bits per heavy atom. The van der Waals surface area contributed by atoms with Crippen LogP contribution in [0.25, 0.3) is 0 Å². The summed E-state index contributed by atoms with van der Waals surface area (Å²) in [7, 11) is 0. The number of hydrogen-bond donors (Lipinski definition) is 1. The van der Waals surface area contributed by atoms with Gasteiger partial charge in [-0.3, -0.25) is 14.9 Å². The zero-order valence-corrected chi connectivity index (χ0v) is 11.9. The molecule has 0 saturated carbocycles.